The molecule has 0 atom stereocenters. The van der Waals surface area contributed by atoms with E-state index in [4.69, 9.17) is 5.73 Å². The average molecular weight is 289 g/mol. The van der Waals surface area contributed by atoms with Crippen LogP contribution in [0.3, 0.4) is 0 Å². The Bertz CT molecular complexity index is 298. The molecule has 4 nitrogen and oxygen atoms in total. The van der Waals surface area contributed by atoms with E-state index in [1.54, 1.807) is 0 Å². The second-order valence-electron chi connectivity index (χ2n) is 4.08. The summed E-state index contributed by atoms with van der Waals surface area (Å²) in [4.78, 5) is 4.00. The van der Waals surface area contributed by atoms with Crippen molar-refractivity contribution < 1.29 is 0 Å². The van der Waals surface area contributed by atoms with E-state index in [-0.39, 0.29) is 0 Å². The molecule has 0 unspecified atom stereocenters. The van der Waals surface area contributed by atoms with Crippen LogP contribution in [0.4, 0.5) is 5.95 Å². The maximum Gasteiger partial charge on any atom is 0.240 e. The lowest BCUT2D eigenvalue weighted by atomic mass is 10.1. The third-order valence-electron chi connectivity index (χ3n) is 2.62. The Hall–Kier alpha value is -0.580. The molecule has 0 fully saturated rings. The van der Waals surface area contributed by atoms with Gasteiger partial charge < -0.3 is 5.73 Å². The summed E-state index contributed by atoms with van der Waals surface area (Å²) in [5.74, 6) is 0.342. The van der Waals surface area contributed by atoms with E-state index >= 15 is 0 Å². The number of nitrogens with two attached hydrogens (primary N) is 1. The number of aryl methyl sites for hydroxylation is 1. The van der Waals surface area contributed by atoms with Gasteiger partial charge in [0.25, 0.3) is 0 Å². The molecule has 16 heavy (non-hydrogen) atoms. The fourth-order valence-electron chi connectivity index (χ4n) is 1.70. The smallest absolute Gasteiger partial charge is 0.240 e. The Morgan fingerprint density at radius 2 is 1.75 bits per heavy atom. The molecule has 1 aromatic heterocycles. The summed E-state index contributed by atoms with van der Waals surface area (Å²) in [6, 6.07) is 0. The van der Waals surface area contributed by atoms with Gasteiger partial charge in [-0.3, -0.25) is 0 Å². The minimum absolute atomic E-state index is 0.342. The quantitative estimate of drug-likeness (QED) is 0.746. The SMILES string of the molecule is CCCCCCCCCn1nc(N)nc1Br. The van der Waals surface area contributed by atoms with Gasteiger partial charge in [0.15, 0.2) is 4.73 Å². The van der Waals surface area contributed by atoms with E-state index < -0.39 is 0 Å². The van der Waals surface area contributed by atoms with Crippen LogP contribution in [0.5, 0.6) is 0 Å². The van der Waals surface area contributed by atoms with Gasteiger partial charge in [0.1, 0.15) is 0 Å². The predicted octanol–water partition coefficient (Wildman–Crippen LogP) is 3.37. The lowest BCUT2D eigenvalue weighted by Gasteiger charge is -2.02. The largest absolute Gasteiger partial charge is 0.366 e. The third-order valence-corrected chi connectivity index (χ3v) is 3.20. The topological polar surface area (TPSA) is 56.7 Å². The molecule has 5 heteroatoms. The van der Waals surface area contributed by atoms with Crippen molar-refractivity contribution in [1.82, 2.24) is 14.8 Å². The zero-order chi connectivity index (χ0) is 11.8. The minimum atomic E-state index is 0.342. The van der Waals surface area contributed by atoms with E-state index in [0.717, 1.165) is 17.7 Å². The first kappa shape index (κ1) is 13.5. The van der Waals surface area contributed by atoms with Crippen LogP contribution in [0.25, 0.3) is 0 Å². The number of hydrogen-bond acceptors (Lipinski definition) is 3. The average Bonchev–Trinajstić information content (AvgIpc) is 2.56. The Labute approximate surface area is 106 Å². The van der Waals surface area contributed by atoms with Crippen LogP contribution in [0.2, 0.25) is 0 Å². The number of anilines is 1. The fourth-order valence-corrected chi connectivity index (χ4v) is 2.14. The standard InChI is InChI=1S/C11H21BrN4/c1-2-3-4-5-6-7-8-9-16-10(12)14-11(13)15-16/h2-9H2,1H3,(H2,13,15). The van der Waals surface area contributed by atoms with Crippen LogP contribution in [-0.2, 0) is 6.54 Å². The fraction of sp³-hybridized carbons (Fsp3) is 0.818. The highest BCUT2D eigenvalue weighted by Crippen LogP contribution is 2.11. The molecule has 0 spiro atoms. The van der Waals surface area contributed by atoms with Gasteiger partial charge in [0.2, 0.25) is 5.95 Å². The number of unbranched alkanes of at least 4 members (excludes halogenated alkanes) is 6. The molecule has 0 amide bonds. The number of hydrogen-bond donors (Lipinski definition) is 1. The normalized spacial score (nSPS) is 10.9. The van der Waals surface area contributed by atoms with E-state index in [0.29, 0.717) is 5.95 Å². The van der Waals surface area contributed by atoms with Gasteiger partial charge in [-0.1, -0.05) is 45.4 Å². The van der Waals surface area contributed by atoms with E-state index in [9.17, 15) is 0 Å². The van der Waals surface area contributed by atoms with Gasteiger partial charge in [-0.05, 0) is 22.4 Å². The summed E-state index contributed by atoms with van der Waals surface area (Å²) in [5.41, 5.74) is 5.49. The lowest BCUT2D eigenvalue weighted by Crippen LogP contribution is -2.01. The molecule has 0 bridgehead atoms. The summed E-state index contributed by atoms with van der Waals surface area (Å²) in [6.07, 6.45) is 9.13. The summed E-state index contributed by atoms with van der Waals surface area (Å²) in [6.45, 7) is 3.14. The predicted molar refractivity (Wildman–Crippen MR) is 70.1 cm³/mol. The van der Waals surface area contributed by atoms with Gasteiger partial charge in [0, 0.05) is 6.54 Å². The third kappa shape index (κ3) is 4.96. The number of rotatable bonds is 8. The Morgan fingerprint density at radius 1 is 1.12 bits per heavy atom. The molecule has 2 N–H and O–H groups in total. The first-order valence-corrected chi connectivity index (χ1v) is 6.89. The molecule has 0 aliphatic rings. The first-order chi connectivity index (χ1) is 7.74. The second kappa shape index (κ2) is 7.65. The van der Waals surface area contributed by atoms with Gasteiger partial charge in [-0.25, -0.2) is 4.68 Å². The number of halogens is 1. The summed E-state index contributed by atoms with van der Waals surface area (Å²) >= 11 is 3.33. The molecule has 0 saturated heterocycles. The molecule has 0 aliphatic heterocycles. The van der Waals surface area contributed by atoms with Crippen molar-refractivity contribution in [3.8, 4) is 0 Å². The van der Waals surface area contributed by atoms with Crippen LogP contribution in [0.1, 0.15) is 51.9 Å². The monoisotopic (exact) mass is 288 g/mol. The highest BCUT2D eigenvalue weighted by molar-refractivity contribution is 9.10. The van der Waals surface area contributed by atoms with E-state index in [1.165, 1.54) is 38.5 Å². The molecule has 92 valence electrons. The van der Waals surface area contributed by atoms with Crippen LogP contribution in [0.15, 0.2) is 4.73 Å². The van der Waals surface area contributed by atoms with Crippen LogP contribution in [0, 0.1) is 0 Å². The number of aromatic nitrogens is 3. The van der Waals surface area contributed by atoms with Crippen LogP contribution < -0.4 is 5.73 Å². The molecular weight excluding hydrogens is 268 g/mol. The van der Waals surface area contributed by atoms with E-state index in [2.05, 4.69) is 32.9 Å². The molecule has 0 saturated carbocycles. The Balaban J connectivity index is 2.05. The highest BCUT2D eigenvalue weighted by atomic mass is 79.9. The van der Waals surface area contributed by atoms with Crippen molar-refractivity contribution in [3.05, 3.63) is 4.73 Å². The summed E-state index contributed by atoms with van der Waals surface area (Å²) < 4.78 is 2.55. The van der Waals surface area contributed by atoms with Gasteiger partial charge in [-0.15, -0.1) is 5.10 Å². The maximum atomic E-state index is 5.49. The molecular formula is C11H21BrN4. The minimum Gasteiger partial charge on any atom is -0.366 e. The summed E-state index contributed by atoms with van der Waals surface area (Å²) in [7, 11) is 0. The second-order valence-corrected chi connectivity index (χ2v) is 4.79. The maximum absolute atomic E-state index is 5.49. The molecule has 1 rings (SSSR count). The summed E-state index contributed by atoms with van der Waals surface area (Å²) in [5, 5.41) is 4.09. The molecule has 1 aromatic rings. The van der Waals surface area contributed by atoms with Crippen molar-refractivity contribution in [3.63, 3.8) is 0 Å². The lowest BCUT2D eigenvalue weighted by molar-refractivity contribution is 0.517. The molecule has 0 radical (unpaired) electrons. The van der Waals surface area contributed by atoms with Crippen molar-refractivity contribution >= 4 is 21.9 Å². The van der Waals surface area contributed by atoms with Crippen molar-refractivity contribution in [2.75, 3.05) is 5.73 Å². The number of nitrogens with zero attached hydrogens (tertiary/aromatic N) is 3. The first-order valence-electron chi connectivity index (χ1n) is 6.10. The van der Waals surface area contributed by atoms with Crippen molar-refractivity contribution in [1.29, 1.82) is 0 Å². The highest BCUT2D eigenvalue weighted by Gasteiger charge is 2.03. The zero-order valence-electron chi connectivity index (χ0n) is 9.95. The molecule has 0 aromatic carbocycles. The van der Waals surface area contributed by atoms with Gasteiger partial charge in [-0.2, -0.15) is 4.98 Å². The van der Waals surface area contributed by atoms with Crippen molar-refractivity contribution in [2.45, 2.75) is 58.4 Å². The van der Waals surface area contributed by atoms with E-state index in [1.807, 2.05) is 4.68 Å². The Morgan fingerprint density at radius 3 is 2.31 bits per heavy atom. The van der Waals surface area contributed by atoms with Gasteiger partial charge in [0.05, 0.1) is 0 Å². The van der Waals surface area contributed by atoms with Crippen LogP contribution in [-0.4, -0.2) is 14.8 Å². The van der Waals surface area contributed by atoms with Crippen LogP contribution >= 0.6 is 15.9 Å². The zero-order valence-corrected chi connectivity index (χ0v) is 11.5. The molecule has 1 heterocycles. The van der Waals surface area contributed by atoms with Crippen molar-refractivity contribution in [2.24, 2.45) is 0 Å². The number of nitrogen functional groups attached to an aromatic ring is 1. The Kier molecular flexibility index (Phi) is 6.45. The van der Waals surface area contributed by atoms with Gasteiger partial charge >= 0.3 is 0 Å². The molecule has 0 aliphatic carbocycles.